The molecule has 1 aliphatic heterocycles. The third-order valence-electron chi connectivity index (χ3n) is 3.18. The molecule has 2 aromatic rings. The SMILES string of the molecule is Cn1c(=O)[nH]c2ccc(C3CNC3)cc21. The fourth-order valence-electron chi connectivity index (χ4n) is 2.02. The zero-order valence-electron chi connectivity index (χ0n) is 8.58. The van der Waals surface area contributed by atoms with Crippen molar-refractivity contribution >= 4 is 11.0 Å². The maximum Gasteiger partial charge on any atom is 0.326 e. The Labute approximate surface area is 86.9 Å². The zero-order chi connectivity index (χ0) is 10.4. The van der Waals surface area contributed by atoms with Gasteiger partial charge in [-0.3, -0.25) is 4.57 Å². The lowest BCUT2D eigenvalue weighted by Crippen LogP contribution is -2.39. The molecule has 0 unspecified atom stereocenters. The Morgan fingerprint density at radius 2 is 2.20 bits per heavy atom. The summed E-state index contributed by atoms with van der Waals surface area (Å²) in [6, 6.07) is 6.20. The molecule has 0 saturated carbocycles. The molecule has 0 spiro atoms. The Bertz CT molecular complexity index is 563. The molecule has 0 radical (unpaired) electrons. The summed E-state index contributed by atoms with van der Waals surface area (Å²) in [7, 11) is 1.80. The van der Waals surface area contributed by atoms with Gasteiger partial charge in [0, 0.05) is 26.1 Å². The molecule has 3 rings (SSSR count). The van der Waals surface area contributed by atoms with Crippen LogP contribution in [0.4, 0.5) is 0 Å². The number of hydrogen-bond donors (Lipinski definition) is 2. The van der Waals surface area contributed by atoms with E-state index in [1.807, 2.05) is 6.07 Å². The van der Waals surface area contributed by atoms with Crippen LogP contribution in [-0.2, 0) is 7.05 Å². The topological polar surface area (TPSA) is 49.8 Å². The second-order valence-corrected chi connectivity index (χ2v) is 4.12. The van der Waals surface area contributed by atoms with Crippen LogP contribution in [0, 0.1) is 0 Å². The maximum atomic E-state index is 11.4. The van der Waals surface area contributed by atoms with Gasteiger partial charge in [0.05, 0.1) is 11.0 Å². The summed E-state index contributed by atoms with van der Waals surface area (Å²) in [5, 5.41) is 3.25. The molecule has 78 valence electrons. The molecule has 0 amide bonds. The quantitative estimate of drug-likeness (QED) is 0.711. The van der Waals surface area contributed by atoms with Crippen LogP contribution in [0.2, 0.25) is 0 Å². The van der Waals surface area contributed by atoms with Crippen molar-refractivity contribution in [3.05, 3.63) is 34.2 Å². The van der Waals surface area contributed by atoms with Gasteiger partial charge in [-0.05, 0) is 17.7 Å². The van der Waals surface area contributed by atoms with Crippen LogP contribution in [0.1, 0.15) is 11.5 Å². The highest BCUT2D eigenvalue weighted by atomic mass is 16.1. The highest BCUT2D eigenvalue weighted by molar-refractivity contribution is 5.76. The van der Waals surface area contributed by atoms with Crippen LogP contribution in [0.3, 0.4) is 0 Å². The van der Waals surface area contributed by atoms with E-state index in [1.54, 1.807) is 11.6 Å². The van der Waals surface area contributed by atoms with Crippen LogP contribution in [0.15, 0.2) is 23.0 Å². The van der Waals surface area contributed by atoms with Gasteiger partial charge in [0.2, 0.25) is 0 Å². The van der Waals surface area contributed by atoms with Gasteiger partial charge in [0.1, 0.15) is 0 Å². The fourth-order valence-corrected chi connectivity index (χ4v) is 2.02. The van der Waals surface area contributed by atoms with E-state index in [-0.39, 0.29) is 5.69 Å². The lowest BCUT2D eigenvalue weighted by Gasteiger charge is -2.27. The highest BCUT2D eigenvalue weighted by Gasteiger charge is 2.19. The van der Waals surface area contributed by atoms with E-state index in [1.165, 1.54) is 5.56 Å². The number of aromatic amines is 1. The molecule has 0 atom stereocenters. The van der Waals surface area contributed by atoms with Gasteiger partial charge >= 0.3 is 5.69 Å². The Hall–Kier alpha value is -1.55. The Morgan fingerprint density at radius 3 is 2.87 bits per heavy atom. The first-order valence-electron chi connectivity index (χ1n) is 5.15. The number of aromatic nitrogens is 2. The summed E-state index contributed by atoms with van der Waals surface area (Å²) in [5.41, 5.74) is 3.17. The molecule has 1 saturated heterocycles. The average Bonchev–Trinajstić information content (AvgIpc) is 2.41. The van der Waals surface area contributed by atoms with Gasteiger partial charge in [-0.1, -0.05) is 6.07 Å². The minimum absolute atomic E-state index is 0.0473. The molecule has 1 aliphatic rings. The third-order valence-corrected chi connectivity index (χ3v) is 3.18. The van der Waals surface area contributed by atoms with Crippen molar-refractivity contribution in [2.45, 2.75) is 5.92 Å². The zero-order valence-corrected chi connectivity index (χ0v) is 8.58. The van der Waals surface area contributed by atoms with E-state index < -0.39 is 0 Å². The number of nitrogens with zero attached hydrogens (tertiary/aromatic N) is 1. The van der Waals surface area contributed by atoms with Gasteiger partial charge in [0.15, 0.2) is 0 Å². The van der Waals surface area contributed by atoms with Gasteiger partial charge in [-0.25, -0.2) is 4.79 Å². The van der Waals surface area contributed by atoms with Crippen molar-refractivity contribution in [2.24, 2.45) is 7.05 Å². The van der Waals surface area contributed by atoms with Gasteiger partial charge < -0.3 is 10.3 Å². The molecule has 2 heterocycles. The molecule has 0 aliphatic carbocycles. The normalized spacial score (nSPS) is 16.9. The monoisotopic (exact) mass is 203 g/mol. The number of hydrogen-bond acceptors (Lipinski definition) is 2. The Morgan fingerprint density at radius 1 is 1.40 bits per heavy atom. The van der Waals surface area contributed by atoms with Crippen molar-refractivity contribution in [1.82, 2.24) is 14.9 Å². The molecule has 4 nitrogen and oxygen atoms in total. The molecule has 15 heavy (non-hydrogen) atoms. The summed E-state index contributed by atoms with van der Waals surface area (Å²) in [6.45, 7) is 2.09. The predicted octanol–water partition coefficient (Wildman–Crippen LogP) is 0.553. The second-order valence-electron chi connectivity index (χ2n) is 4.12. The molecule has 1 aromatic carbocycles. The standard InChI is InChI=1S/C11H13N3O/c1-14-10-4-7(8-5-12-6-8)2-3-9(10)13-11(14)15/h2-4,8,12H,5-6H2,1H3,(H,13,15). The number of benzene rings is 1. The van der Waals surface area contributed by atoms with Crippen LogP contribution < -0.4 is 11.0 Å². The molecule has 1 fully saturated rings. The minimum atomic E-state index is -0.0473. The van der Waals surface area contributed by atoms with Crippen molar-refractivity contribution in [1.29, 1.82) is 0 Å². The van der Waals surface area contributed by atoms with Gasteiger partial charge in [0.25, 0.3) is 0 Å². The lowest BCUT2D eigenvalue weighted by atomic mass is 9.93. The van der Waals surface area contributed by atoms with Crippen LogP contribution in [0.25, 0.3) is 11.0 Å². The number of fused-ring (bicyclic) bond motifs is 1. The van der Waals surface area contributed by atoms with Crippen molar-refractivity contribution < 1.29 is 0 Å². The molecule has 2 N–H and O–H groups in total. The number of nitrogens with one attached hydrogen (secondary N) is 2. The van der Waals surface area contributed by atoms with Crippen LogP contribution >= 0.6 is 0 Å². The first-order chi connectivity index (χ1) is 7.25. The lowest BCUT2D eigenvalue weighted by molar-refractivity contribution is 0.448. The average molecular weight is 203 g/mol. The van der Waals surface area contributed by atoms with Gasteiger partial charge in [-0.15, -0.1) is 0 Å². The predicted molar refractivity (Wildman–Crippen MR) is 59.2 cm³/mol. The Balaban J connectivity index is 2.19. The van der Waals surface area contributed by atoms with Gasteiger partial charge in [-0.2, -0.15) is 0 Å². The smallest absolute Gasteiger partial charge is 0.315 e. The first-order valence-corrected chi connectivity index (χ1v) is 5.15. The third kappa shape index (κ3) is 1.22. The highest BCUT2D eigenvalue weighted by Crippen LogP contribution is 2.22. The fraction of sp³-hybridized carbons (Fsp3) is 0.364. The number of imidazole rings is 1. The van der Waals surface area contributed by atoms with Crippen molar-refractivity contribution in [2.75, 3.05) is 13.1 Å². The number of H-pyrrole nitrogens is 1. The molecular formula is C11H13N3O. The summed E-state index contributed by atoms with van der Waals surface area (Å²) < 4.78 is 1.66. The minimum Gasteiger partial charge on any atom is -0.315 e. The molecule has 4 heteroatoms. The summed E-state index contributed by atoms with van der Waals surface area (Å²) >= 11 is 0. The van der Waals surface area contributed by atoms with E-state index in [4.69, 9.17) is 0 Å². The molecule has 0 bridgehead atoms. The van der Waals surface area contributed by atoms with E-state index in [0.29, 0.717) is 5.92 Å². The van der Waals surface area contributed by atoms with Crippen molar-refractivity contribution in [3.8, 4) is 0 Å². The van der Waals surface area contributed by atoms with E-state index in [0.717, 1.165) is 24.1 Å². The van der Waals surface area contributed by atoms with Crippen molar-refractivity contribution in [3.63, 3.8) is 0 Å². The molecule has 1 aromatic heterocycles. The van der Waals surface area contributed by atoms with E-state index >= 15 is 0 Å². The van der Waals surface area contributed by atoms with E-state index in [9.17, 15) is 4.79 Å². The van der Waals surface area contributed by atoms with Crippen LogP contribution in [-0.4, -0.2) is 22.6 Å². The summed E-state index contributed by atoms with van der Waals surface area (Å²) in [6.07, 6.45) is 0. The number of rotatable bonds is 1. The first kappa shape index (κ1) is 8.73. The maximum absolute atomic E-state index is 11.4. The second kappa shape index (κ2) is 2.97. The van der Waals surface area contributed by atoms with E-state index in [2.05, 4.69) is 22.4 Å². The number of aryl methyl sites for hydroxylation is 1. The summed E-state index contributed by atoms with van der Waals surface area (Å²) in [4.78, 5) is 14.2. The largest absolute Gasteiger partial charge is 0.326 e. The Kier molecular flexibility index (Phi) is 1.73. The summed E-state index contributed by atoms with van der Waals surface area (Å²) in [5.74, 6) is 0.611. The molecular weight excluding hydrogens is 190 g/mol. The van der Waals surface area contributed by atoms with Crippen LogP contribution in [0.5, 0.6) is 0 Å².